The molecule has 0 aromatic carbocycles. The van der Waals surface area contributed by atoms with Crippen molar-refractivity contribution in [2.45, 2.75) is 6.92 Å². The van der Waals surface area contributed by atoms with Crippen molar-refractivity contribution in [1.82, 2.24) is 5.32 Å². The number of hydrogen-bond donors (Lipinski definition) is 1. The molecule has 1 atom stereocenters. The molecule has 0 saturated heterocycles. The van der Waals surface area contributed by atoms with E-state index in [-0.39, 0.29) is 5.92 Å². The van der Waals surface area contributed by atoms with Crippen LogP contribution in [0.25, 0.3) is 0 Å². The summed E-state index contributed by atoms with van der Waals surface area (Å²) < 4.78 is 0. The van der Waals surface area contributed by atoms with Crippen molar-refractivity contribution < 1.29 is 0 Å². The van der Waals surface area contributed by atoms with Gasteiger partial charge in [-0.25, -0.2) is 0 Å². The standard InChI is InChI=1S/C7H8N2/c1-6-2-3-9-5-7(6)4-8/h2-3,5-6,9H,1H3. The minimum atomic E-state index is 0.274. The first-order valence-corrected chi connectivity index (χ1v) is 2.87. The van der Waals surface area contributed by atoms with Gasteiger partial charge < -0.3 is 5.32 Å². The Morgan fingerprint density at radius 3 is 3.00 bits per heavy atom. The quantitative estimate of drug-likeness (QED) is 0.520. The fourth-order valence-electron chi connectivity index (χ4n) is 0.707. The molecule has 1 aliphatic heterocycles. The van der Waals surface area contributed by atoms with Crippen LogP contribution in [0.2, 0.25) is 0 Å². The Morgan fingerprint density at radius 2 is 2.56 bits per heavy atom. The highest BCUT2D eigenvalue weighted by molar-refractivity contribution is 5.28. The summed E-state index contributed by atoms with van der Waals surface area (Å²) in [6.45, 7) is 1.99. The molecule has 0 aromatic heterocycles. The van der Waals surface area contributed by atoms with Crippen molar-refractivity contribution >= 4 is 0 Å². The van der Waals surface area contributed by atoms with Crippen molar-refractivity contribution in [1.29, 1.82) is 5.26 Å². The topological polar surface area (TPSA) is 35.8 Å². The maximum absolute atomic E-state index is 8.47. The first kappa shape index (κ1) is 5.90. The summed E-state index contributed by atoms with van der Waals surface area (Å²) >= 11 is 0. The Labute approximate surface area is 54.5 Å². The molecule has 0 saturated carbocycles. The monoisotopic (exact) mass is 120 g/mol. The summed E-state index contributed by atoms with van der Waals surface area (Å²) in [5.74, 6) is 0.274. The average molecular weight is 120 g/mol. The van der Waals surface area contributed by atoms with Crippen LogP contribution in [-0.4, -0.2) is 0 Å². The minimum Gasteiger partial charge on any atom is -0.367 e. The number of nitriles is 1. The Morgan fingerprint density at radius 1 is 1.78 bits per heavy atom. The zero-order chi connectivity index (χ0) is 6.69. The summed E-state index contributed by atoms with van der Waals surface area (Å²) in [5.41, 5.74) is 0.789. The molecule has 1 heterocycles. The number of dihydropyridines is 1. The molecular formula is C7H8N2. The lowest BCUT2D eigenvalue weighted by atomic mass is 10.0. The Bertz CT molecular complexity index is 195. The van der Waals surface area contributed by atoms with Gasteiger partial charge in [0.05, 0.1) is 11.6 Å². The summed E-state index contributed by atoms with van der Waals surface area (Å²) in [5, 5.41) is 11.3. The normalized spacial score (nSPS) is 24.0. The number of nitrogens with zero attached hydrogens (tertiary/aromatic N) is 1. The Hall–Kier alpha value is -1.23. The van der Waals surface area contributed by atoms with Crippen LogP contribution in [0.4, 0.5) is 0 Å². The van der Waals surface area contributed by atoms with Crippen molar-refractivity contribution in [2.24, 2.45) is 5.92 Å². The molecule has 0 radical (unpaired) electrons. The lowest BCUT2D eigenvalue weighted by Crippen LogP contribution is -2.06. The molecule has 0 bridgehead atoms. The average Bonchev–Trinajstić information content (AvgIpc) is 1.89. The molecule has 46 valence electrons. The highest BCUT2D eigenvalue weighted by Gasteiger charge is 2.05. The highest BCUT2D eigenvalue weighted by Crippen LogP contribution is 2.11. The van der Waals surface area contributed by atoms with Crippen LogP contribution in [0.5, 0.6) is 0 Å². The van der Waals surface area contributed by atoms with E-state index in [2.05, 4.69) is 11.4 Å². The fraction of sp³-hybridized carbons (Fsp3) is 0.286. The smallest absolute Gasteiger partial charge is 0.0968 e. The molecule has 1 rings (SSSR count). The van der Waals surface area contributed by atoms with Gasteiger partial charge in [0, 0.05) is 12.1 Å². The molecule has 0 fully saturated rings. The van der Waals surface area contributed by atoms with Gasteiger partial charge in [0.2, 0.25) is 0 Å². The number of nitrogens with one attached hydrogen (secondary N) is 1. The zero-order valence-electron chi connectivity index (χ0n) is 5.26. The van der Waals surface area contributed by atoms with E-state index in [4.69, 9.17) is 5.26 Å². The molecule has 0 aromatic rings. The van der Waals surface area contributed by atoms with Gasteiger partial charge >= 0.3 is 0 Å². The Balaban J connectivity index is 2.73. The molecule has 1 N–H and O–H groups in total. The van der Waals surface area contributed by atoms with E-state index in [1.54, 1.807) is 6.20 Å². The van der Waals surface area contributed by atoms with E-state index in [9.17, 15) is 0 Å². The van der Waals surface area contributed by atoms with E-state index in [1.165, 1.54) is 0 Å². The van der Waals surface area contributed by atoms with E-state index in [0.29, 0.717) is 0 Å². The van der Waals surface area contributed by atoms with Gasteiger partial charge in [-0.05, 0) is 6.20 Å². The maximum atomic E-state index is 8.47. The first-order valence-electron chi connectivity index (χ1n) is 2.87. The van der Waals surface area contributed by atoms with E-state index in [0.717, 1.165) is 5.57 Å². The molecule has 0 amide bonds. The molecule has 0 spiro atoms. The Kier molecular flexibility index (Phi) is 1.55. The van der Waals surface area contributed by atoms with Crippen molar-refractivity contribution in [3.05, 3.63) is 24.0 Å². The maximum Gasteiger partial charge on any atom is 0.0968 e. The van der Waals surface area contributed by atoms with Gasteiger partial charge in [0.1, 0.15) is 0 Å². The van der Waals surface area contributed by atoms with Gasteiger partial charge in [-0.3, -0.25) is 0 Å². The molecule has 1 unspecified atom stereocenters. The summed E-state index contributed by atoms with van der Waals surface area (Å²) in [6, 6.07) is 2.10. The zero-order valence-corrected chi connectivity index (χ0v) is 5.26. The predicted molar refractivity (Wildman–Crippen MR) is 35.1 cm³/mol. The van der Waals surface area contributed by atoms with Crippen molar-refractivity contribution in [3.8, 4) is 6.07 Å². The number of hydrogen-bond acceptors (Lipinski definition) is 2. The van der Waals surface area contributed by atoms with Crippen LogP contribution in [0.3, 0.4) is 0 Å². The SMILES string of the molecule is CC1C=CNC=C1C#N. The molecular weight excluding hydrogens is 112 g/mol. The van der Waals surface area contributed by atoms with Gasteiger partial charge in [-0.15, -0.1) is 0 Å². The largest absolute Gasteiger partial charge is 0.367 e. The third-order valence-electron chi connectivity index (χ3n) is 1.34. The number of rotatable bonds is 0. The summed E-state index contributed by atoms with van der Waals surface area (Å²) in [7, 11) is 0. The lowest BCUT2D eigenvalue weighted by molar-refractivity contribution is 0.847. The second-order valence-electron chi connectivity index (χ2n) is 2.03. The van der Waals surface area contributed by atoms with Crippen LogP contribution in [0, 0.1) is 17.2 Å². The summed E-state index contributed by atoms with van der Waals surface area (Å²) in [4.78, 5) is 0. The lowest BCUT2D eigenvalue weighted by Gasteiger charge is -2.08. The van der Waals surface area contributed by atoms with E-state index >= 15 is 0 Å². The van der Waals surface area contributed by atoms with Crippen molar-refractivity contribution in [2.75, 3.05) is 0 Å². The highest BCUT2D eigenvalue weighted by atomic mass is 14.8. The molecule has 9 heavy (non-hydrogen) atoms. The molecule has 2 nitrogen and oxygen atoms in total. The van der Waals surface area contributed by atoms with Gasteiger partial charge in [-0.2, -0.15) is 5.26 Å². The second-order valence-corrected chi connectivity index (χ2v) is 2.03. The molecule has 1 aliphatic rings. The van der Waals surface area contributed by atoms with Crippen LogP contribution in [-0.2, 0) is 0 Å². The van der Waals surface area contributed by atoms with E-state index in [1.807, 2.05) is 19.2 Å². The van der Waals surface area contributed by atoms with Gasteiger partial charge in [0.25, 0.3) is 0 Å². The molecule has 0 aliphatic carbocycles. The van der Waals surface area contributed by atoms with Crippen LogP contribution in [0.1, 0.15) is 6.92 Å². The van der Waals surface area contributed by atoms with Crippen LogP contribution >= 0.6 is 0 Å². The predicted octanol–water partition coefficient (Wildman–Crippen LogP) is 1.15. The second kappa shape index (κ2) is 2.36. The third-order valence-corrected chi connectivity index (χ3v) is 1.34. The summed E-state index contributed by atoms with van der Waals surface area (Å²) in [6.07, 6.45) is 5.52. The van der Waals surface area contributed by atoms with Gasteiger partial charge in [-0.1, -0.05) is 13.0 Å². The minimum absolute atomic E-state index is 0.274. The number of allylic oxidation sites excluding steroid dienone is 2. The third kappa shape index (κ3) is 1.11. The fourth-order valence-corrected chi connectivity index (χ4v) is 0.707. The van der Waals surface area contributed by atoms with Crippen LogP contribution < -0.4 is 5.32 Å². The van der Waals surface area contributed by atoms with E-state index < -0.39 is 0 Å². The first-order chi connectivity index (χ1) is 4.34. The molecule has 2 heteroatoms. The van der Waals surface area contributed by atoms with Gasteiger partial charge in [0.15, 0.2) is 0 Å². The van der Waals surface area contributed by atoms with Crippen molar-refractivity contribution in [3.63, 3.8) is 0 Å². The van der Waals surface area contributed by atoms with Crippen LogP contribution in [0.15, 0.2) is 24.0 Å².